The SMILES string of the molecule is CCC(=O)N(c1cncc(-c2ccc(F)cc2)n1)C1CCN(CCc2ccccc2)CC1. The first-order chi connectivity index (χ1) is 15.6. The fourth-order valence-electron chi connectivity index (χ4n) is 4.25. The Balaban J connectivity index is 1.45. The van der Waals surface area contributed by atoms with E-state index in [2.05, 4.69) is 34.1 Å². The van der Waals surface area contributed by atoms with E-state index in [4.69, 9.17) is 4.98 Å². The van der Waals surface area contributed by atoms with Crippen molar-refractivity contribution in [2.24, 2.45) is 0 Å². The number of rotatable bonds is 7. The van der Waals surface area contributed by atoms with Crippen LogP contribution in [0, 0.1) is 5.82 Å². The second kappa shape index (κ2) is 10.5. The van der Waals surface area contributed by atoms with Crippen LogP contribution in [-0.2, 0) is 11.2 Å². The Hall–Kier alpha value is -3.12. The van der Waals surface area contributed by atoms with Crippen LogP contribution in [0.25, 0.3) is 11.3 Å². The summed E-state index contributed by atoms with van der Waals surface area (Å²) >= 11 is 0. The van der Waals surface area contributed by atoms with Crippen LogP contribution < -0.4 is 4.90 Å². The molecule has 1 amide bonds. The predicted octanol–water partition coefficient (Wildman–Crippen LogP) is 4.73. The predicted molar refractivity (Wildman–Crippen MR) is 125 cm³/mol. The van der Waals surface area contributed by atoms with Crippen molar-refractivity contribution in [3.05, 3.63) is 78.4 Å². The smallest absolute Gasteiger partial charge is 0.228 e. The fourth-order valence-corrected chi connectivity index (χ4v) is 4.25. The zero-order chi connectivity index (χ0) is 22.3. The van der Waals surface area contributed by atoms with E-state index in [0.29, 0.717) is 17.9 Å². The Morgan fingerprint density at radius 2 is 1.78 bits per heavy atom. The summed E-state index contributed by atoms with van der Waals surface area (Å²) in [6, 6.07) is 16.8. The lowest BCUT2D eigenvalue weighted by Crippen LogP contribution is -2.48. The molecule has 0 N–H and O–H groups in total. The van der Waals surface area contributed by atoms with Crippen molar-refractivity contribution in [1.82, 2.24) is 14.9 Å². The van der Waals surface area contributed by atoms with Crippen molar-refractivity contribution in [2.45, 2.75) is 38.6 Å². The standard InChI is InChI=1S/C26H29FN4O/c1-2-26(32)31(25-19-28-18-24(29-25)21-8-10-22(27)11-9-21)23-13-16-30(17-14-23)15-12-20-6-4-3-5-7-20/h3-11,18-19,23H,2,12-17H2,1H3. The minimum absolute atomic E-state index is 0.0540. The summed E-state index contributed by atoms with van der Waals surface area (Å²) in [7, 11) is 0. The van der Waals surface area contributed by atoms with Gasteiger partial charge in [0.25, 0.3) is 0 Å². The Morgan fingerprint density at radius 1 is 1.06 bits per heavy atom. The molecular formula is C26H29FN4O. The maximum atomic E-state index is 13.3. The summed E-state index contributed by atoms with van der Waals surface area (Å²) in [4.78, 5) is 26.2. The van der Waals surface area contributed by atoms with E-state index in [0.717, 1.165) is 44.5 Å². The molecule has 0 bridgehead atoms. The highest BCUT2D eigenvalue weighted by Gasteiger charge is 2.29. The number of halogens is 1. The van der Waals surface area contributed by atoms with E-state index in [1.54, 1.807) is 24.5 Å². The number of carbonyl (C=O) groups is 1. The van der Waals surface area contributed by atoms with Gasteiger partial charge in [-0.2, -0.15) is 0 Å². The average molecular weight is 433 g/mol. The van der Waals surface area contributed by atoms with Gasteiger partial charge in [0, 0.05) is 37.7 Å². The van der Waals surface area contributed by atoms with E-state index < -0.39 is 0 Å². The van der Waals surface area contributed by atoms with Gasteiger partial charge in [-0.1, -0.05) is 37.3 Å². The molecule has 0 aliphatic carbocycles. The lowest BCUT2D eigenvalue weighted by molar-refractivity contribution is -0.119. The second-order valence-electron chi connectivity index (χ2n) is 8.20. The second-order valence-corrected chi connectivity index (χ2v) is 8.20. The highest BCUT2D eigenvalue weighted by atomic mass is 19.1. The molecular weight excluding hydrogens is 403 g/mol. The van der Waals surface area contributed by atoms with Crippen LogP contribution in [0.5, 0.6) is 0 Å². The molecule has 32 heavy (non-hydrogen) atoms. The summed E-state index contributed by atoms with van der Waals surface area (Å²) in [5.74, 6) is 0.333. The Bertz CT molecular complexity index is 1020. The number of benzene rings is 2. The number of likely N-dealkylation sites (tertiary alicyclic amines) is 1. The monoisotopic (exact) mass is 432 g/mol. The summed E-state index contributed by atoms with van der Waals surface area (Å²) in [5, 5.41) is 0. The van der Waals surface area contributed by atoms with E-state index in [1.807, 2.05) is 17.9 Å². The topological polar surface area (TPSA) is 49.3 Å². The molecule has 1 aliphatic heterocycles. The Kier molecular flexibility index (Phi) is 7.22. The van der Waals surface area contributed by atoms with E-state index in [-0.39, 0.29) is 17.8 Å². The van der Waals surface area contributed by atoms with Gasteiger partial charge in [-0.15, -0.1) is 0 Å². The van der Waals surface area contributed by atoms with Crippen LogP contribution in [0.15, 0.2) is 67.0 Å². The highest BCUT2D eigenvalue weighted by Crippen LogP contribution is 2.25. The molecule has 0 spiro atoms. The van der Waals surface area contributed by atoms with Crippen LogP contribution >= 0.6 is 0 Å². The summed E-state index contributed by atoms with van der Waals surface area (Å²) < 4.78 is 13.3. The maximum absolute atomic E-state index is 13.3. The Morgan fingerprint density at radius 3 is 2.47 bits per heavy atom. The van der Waals surface area contributed by atoms with Crippen LogP contribution in [0.3, 0.4) is 0 Å². The molecule has 1 saturated heterocycles. The van der Waals surface area contributed by atoms with Gasteiger partial charge in [-0.25, -0.2) is 9.37 Å². The first-order valence-corrected chi connectivity index (χ1v) is 11.3. The maximum Gasteiger partial charge on any atom is 0.228 e. The summed E-state index contributed by atoms with van der Waals surface area (Å²) in [6.07, 6.45) is 6.57. The number of nitrogens with zero attached hydrogens (tertiary/aromatic N) is 4. The van der Waals surface area contributed by atoms with Crippen LogP contribution in [0.1, 0.15) is 31.7 Å². The van der Waals surface area contributed by atoms with E-state index >= 15 is 0 Å². The average Bonchev–Trinajstić information content (AvgIpc) is 2.85. The van der Waals surface area contributed by atoms with Gasteiger partial charge in [0.15, 0.2) is 5.82 Å². The van der Waals surface area contributed by atoms with Crippen molar-refractivity contribution in [1.29, 1.82) is 0 Å². The third-order valence-electron chi connectivity index (χ3n) is 6.06. The lowest BCUT2D eigenvalue weighted by atomic mass is 10.0. The number of anilines is 1. The lowest BCUT2D eigenvalue weighted by Gasteiger charge is -2.38. The number of amides is 1. The molecule has 0 saturated carbocycles. The molecule has 2 aromatic carbocycles. The van der Waals surface area contributed by atoms with Crippen molar-refractivity contribution >= 4 is 11.7 Å². The molecule has 3 aromatic rings. The number of piperidine rings is 1. The van der Waals surface area contributed by atoms with Gasteiger partial charge in [0.1, 0.15) is 5.82 Å². The minimum Gasteiger partial charge on any atom is -0.303 e. The van der Waals surface area contributed by atoms with Crippen molar-refractivity contribution in [3.8, 4) is 11.3 Å². The first-order valence-electron chi connectivity index (χ1n) is 11.3. The van der Waals surface area contributed by atoms with Crippen LogP contribution in [0.4, 0.5) is 10.2 Å². The van der Waals surface area contributed by atoms with Gasteiger partial charge >= 0.3 is 0 Å². The quantitative estimate of drug-likeness (QED) is 0.541. The number of aromatic nitrogens is 2. The molecule has 5 nitrogen and oxygen atoms in total. The van der Waals surface area contributed by atoms with E-state index in [9.17, 15) is 9.18 Å². The normalized spacial score (nSPS) is 14.9. The number of carbonyl (C=O) groups excluding carboxylic acids is 1. The minimum atomic E-state index is -0.292. The molecule has 1 aliphatic rings. The molecule has 1 fully saturated rings. The van der Waals surface area contributed by atoms with Gasteiger partial charge < -0.3 is 4.90 Å². The summed E-state index contributed by atoms with van der Waals surface area (Å²) in [6.45, 7) is 4.81. The third-order valence-corrected chi connectivity index (χ3v) is 6.06. The zero-order valence-electron chi connectivity index (χ0n) is 18.5. The molecule has 4 rings (SSSR count). The molecule has 0 unspecified atom stereocenters. The molecule has 2 heterocycles. The van der Waals surface area contributed by atoms with Gasteiger partial charge in [-0.3, -0.25) is 14.7 Å². The van der Waals surface area contributed by atoms with Crippen molar-refractivity contribution in [3.63, 3.8) is 0 Å². The fraction of sp³-hybridized carbons (Fsp3) is 0.346. The van der Waals surface area contributed by atoms with Crippen molar-refractivity contribution < 1.29 is 9.18 Å². The zero-order valence-corrected chi connectivity index (χ0v) is 18.5. The van der Waals surface area contributed by atoms with Gasteiger partial charge in [0.05, 0.1) is 18.1 Å². The van der Waals surface area contributed by atoms with Crippen LogP contribution in [-0.4, -0.2) is 46.5 Å². The molecule has 0 radical (unpaired) electrons. The van der Waals surface area contributed by atoms with Crippen LogP contribution in [0.2, 0.25) is 0 Å². The van der Waals surface area contributed by atoms with Gasteiger partial charge in [-0.05, 0) is 49.1 Å². The Labute approximate surface area is 188 Å². The summed E-state index contributed by atoms with van der Waals surface area (Å²) in [5.41, 5.74) is 2.77. The van der Waals surface area contributed by atoms with Gasteiger partial charge in [0.2, 0.25) is 5.91 Å². The third kappa shape index (κ3) is 5.37. The molecule has 166 valence electrons. The van der Waals surface area contributed by atoms with E-state index in [1.165, 1.54) is 17.7 Å². The molecule has 0 atom stereocenters. The van der Waals surface area contributed by atoms with Crippen molar-refractivity contribution in [2.75, 3.05) is 24.5 Å². The number of hydrogen-bond donors (Lipinski definition) is 0. The first kappa shape index (κ1) is 22.1. The molecule has 1 aromatic heterocycles. The number of hydrogen-bond acceptors (Lipinski definition) is 4. The highest BCUT2D eigenvalue weighted by molar-refractivity contribution is 5.93. The molecule has 6 heteroatoms. The largest absolute Gasteiger partial charge is 0.303 e.